The lowest BCUT2D eigenvalue weighted by molar-refractivity contribution is 0.0860. The van der Waals surface area contributed by atoms with Gasteiger partial charge in [-0.15, -0.1) is 0 Å². The largest absolute Gasteiger partial charge is 0.504 e. The summed E-state index contributed by atoms with van der Waals surface area (Å²) in [4.78, 5) is 12.2. The predicted octanol–water partition coefficient (Wildman–Crippen LogP) is 1.75. The minimum Gasteiger partial charge on any atom is -0.504 e. The molecule has 1 aliphatic rings. The van der Waals surface area contributed by atoms with Gasteiger partial charge in [-0.1, -0.05) is 12.1 Å². The molecule has 0 saturated heterocycles. The Hall–Kier alpha value is -2.41. The highest BCUT2D eigenvalue weighted by molar-refractivity contribution is 5.95. The van der Waals surface area contributed by atoms with E-state index in [1.165, 1.54) is 18.3 Å². The SMILES string of the molecule is O=C(NC1CCC(O)CC1)c1nn(-c2ccccc2F)cc1O. The van der Waals surface area contributed by atoms with Crippen LogP contribution in [0.5, 0.6) is 5.75 Å². The number of nitrogens with zero attached hydrogens (tertiary/aromatic N) is 2. The molecule has 1 aromatic carbocycles. The molecule has 122 valence electrons. The summed E-state index contributed by atoms with van der Waals surface area (Å²) < 4.78 is 14.9. The van der Waals surface area contributed by atoms with Gasteiger partial charge in [0.15, 0.2) is 11.4 Å². The number of rotatable bonds is 3. The first-order chi connectivity index (χ1) is 11.0. The van der Waals surface area contributed by atoms with E-state index in [1.807, 2.05) is 0 Å². The van der Waals surface area contributed by atoms with Crippen LogP contribution in [0.25, 0.3) is 5.69 Å². The van der Waals surface area contributed by atoms with Crippen molar-refractivity contribution in [3.05, 3.63) is 42.0 Å². The molecule has 1 aliphatic carbocycles. The third-order valence-corrected chi connectivity index (χ3v) is 4.04. The first kappa shape index (κ1) is 15.5. The zero-order valence-corrected chi connectivity index (χ0v) is 12.4. The second-order valence-corrected chi connectivity index (χ2v) is 5.74. The molecule has 0 atom stereocenters. The number of nitrogens with one attached hydrogen (secondary N) is 1. The van der Waals surface area contributed by atoms with Crippen molar-refractivity contribution in [3.8, 4) is 11.4 Å². The van der Waals surface area contributed by atoms with E-state index in [1.54, 1.807) is 12.1 Å². The van der Waals surface area contributed by atoms with Gasteiger partial charge in [-0.2, -0.15) is 5.10 Å². The highest BCUT2D eigenvalue weighted by atomic mass is 19.1. The number of hydrogen-bond acceptors (Lipinski definition) is 4. The maximum absolute atomic E-state index is 13.8. The lowest BCUT2D eigenvalue weighted by Crippen LogP contribution is -2.38. The van der Waals surface area contributed by atoms with Crippen LogP contribution in [0.1, 0.15) is 36.2 Å². The van der Waals surface area contributed by atoms with E-state index in [0.717, 1.165) is 4.68 Å². The van der Waals surface area contributed by atoms with Gasteiger partial charge in [-0.3, -0.25) is 4.79 Å². The van der Waals surface area contributed by atoms with Gasteiger partial charge >= 0.3 is 0 Å². The topological polar surface area (TPSA) is 87.4 Å². The Labute approximate surface area is 132 Å². The van der Waals surface area contributed by atoms with Crippen LogP contribution in [-0.2, 0) is 0 Å². The molecule has 1 aromatic heterocycles. The molecule has 0 unspecified atom stereocenters. The number of benzene rings is 1. The molecule has 2 aromatic rings. The number of aromatic hydroxyl groups is 1. The quantitative estimate of drug-likeness (QED) is 0.804. The van der Waals surface area contributed by atoms with Gasteiger partial charge in [0, 0.05) is 6.04 Å². The number of aliphatic hydroxyl groups is 1. The van der Waals surface area contributed by atoms with Crippen molar-refractivity contribution in [3.63, 3.8) is 0 Å². The summed E-state index contributed by atoms with van der Waals surface area (Å²) in [7, 11) is 0. The molecule has 0 spiro atoms. The van der Waals surface area contributed by atoms with Crippen LogP contribution in [-0.4, -0.2) is 38.0 Å². The van der Waals surface area contributed by atoms with E-state index in [2.05, 4.69) is 10.4 Å². The molecule has 1 heterocycles. The Morgan fingerprint density at radius 3 is 2.65 bits per heavy atom. The van der Waals surface area contributed by atoms with E-state index >= 15 is 0 Å². The molecule has 0 bridgehead atoms. The fourth-order valence-corrected chi connectivity index (χ4v) is 2.76. The van der Waals surface area contributed by atoms with Gasteiger partial charge in [0.2, 0.25) is 0 Å². The molecule has 3 N–H and O–H groups in total. The minimum atomic E-state index is -0.501. The van der Waals surface area contributed by atoms with Gasteiger partial charge in [0.1, 0.15) is 11.5 Å². The van der Waals surface area contributed by atoms with Crippen LogP contribution in [0.2, 0.25) is 0 Å². The van der Waals surface area contributed by atoms with Crippen molar-refractivity contribution in [1.29, 1.82) is 0 Å². The number of amides is 1. The number of para-hydroxylation sites is 1. The lowest BCUT2D eigenvalue weighted by atomic mass is 9.93. The number of aliphatic hydroxyl groups excluding tert-OH is 1. The standard InChI is InChI=1S/C16H18FN3O3/c17-12-3-1-2-4-13(12)20-9-14(22)15(19-20)16(23)18-10-5-7-11(21)8-6-10/h1-4,9-11,21-22H,5-8H2,(H,18,23). The van der Waals surface area contributed by atoms with Crippen LogP contribution in [0.15, 0.2) is 30.5 Å². The predicted molar refractivity (Wildman–Crippen MR) is 80.9 cm³/mol. The van der Waals surface area contributed by atoms with E-state index in [4.69, 9.17) is 0 Å². The second-order valence-electron chi connectivity index (χ2n) is 5.74. The van der Waals surface area contributed by atoms with Crippen molar-refractivity contribution in [2.45, 2.75) is 37.8 Å². The Kier molecular flexibility index (Phi) is 4.29. The Bertz CT molecular complexity index is 708. The Morgan fingerprint density at radius 1 is 1.26 bits per heavy atom. The molecule has 1 amide bonds. The molecule has 6 nitrogen and oxygen atoms in total. The van der Waals surface area contributed by atoms with Crippen LogP contribution in [0, 0.1) is 5.82 Å². The summed E-state index contributed by atoms with van der Waals surface area (Å²) >= 11 is 0. The smallest absolute Gasteiger partial charge is 0.275 e. The Morgan fingerprint density at radius 2 is 1.96 bits per heavy atom. The Balaban J connectivity index is 1.76. The number of carbonyl (C=O) groups is 1. The van der Waals surface area contributed by atoms with Crippen molar-refractivity contribution < 1.29 is 19.4 Å². The maximum Gasteiger partial charge on any atom is 0.275 e. The molecule has 0 radical (unpaired) electrons. The van der Waals surface area contributed by atoms with Gasteiger partial charge < -0.3 is 15.5 Å². The van der Waals surface area contributed by atoms with Crippen molar-refractivity contribution in [1.82, 2.24) is 15.1 Å². The first-order valence-corrected chi connectivity index (χ1v) is 7.57. The zero-order valence-electron chi connectivity index (χ0n) is 12.4. The molecule has 0 aliphatic heterocycles. The molecule has 1 fully saturated rings. The summed E-state index contributed by atoms with van der Waals surface area (Å²) in [6.45, 7) is 0. The number of halogens is 1. The van der Waals surface area contributed by atoms with Crippen LogP contribution in [0.3, 0.4) is 0 Å². The fraction of sp³-hybridized carbons (Fsp3) is 0.375. The van der Waals surface area contributed by atoms with Crippen molar-refractivity contribution in [2.24, 2.45) is 0 Å². The van der Waals surface area contributed by atoms with Crippen LogP contribution < -0.4 is 5.32 Å². The van der Waals surface area contributed by atoms with Crippen molar-refractivity contribution >= 4 is 5.91 Å². The summed E-state index contributed by atoms with van der Waals surface area (Å²) in [5, 5.41) is 26.2. The third-order valence-electron chi connectivity index (χ3n) is 4.04. The zero-order chi connectivity index (χ0) is 16.4. The summed E-state index contributed by atoms with van der Waals surface area (Å²) in [5.74, 6) is -1.30. The normalized spacial score (nSPS) is 21.1. The second kappa shape index (κ2) is 6.37. The number of hydrogen-bond donors (Lipinski definition) is 3. The minimum absolute atomic E-state index is 0.0519. The van der Waals surface area contributed by atoms with Gasteiger partial charge in [-0.25, -0.2) is 9.07 Å². The van der Waals surface area contributed by atoms with Crippen LogP contribution >= 0.6 is 0 Å². The molecule has 1 saturated carbocycles. The van der Waals surface area contributed by atoms with E-state index in [-0.39, 0.29) is 29.3 Å². The monoisotopic (exact) mass is 319 g/mol. The number of aromatic nitrogens is 2. The lowest BCUT2D eigenvalue weighted by Gasteiger charge is -2.25. The van der Waals surface area contributed by atoms with E-state index in [0.29, 0.717) is 25.7 Å². The average Bonchev–Trinajstić information content (AvgIpc) is 2.92. The molecule has 7 heteroatoms. The summed E-state index contributed by atoms with van der Waals surface area (Å²) in [5.41, 5.74) is 0.0158. The number of carbonyl (C=O) groups excluding carboxylic acids is 1. The van der Waals surface area contributed by atoms with Gasteiger partial charge in [-0.05, 0) is 37.8 Å². The molecular formula is C16H18FN3O3. The maximum atomic E-state index is 13.8. The summed E-state index contributed by atoms with van der Waals surface area (Å²) in [6.07, 6.45) is 3.54. The first-order valence-electron chi connectivity index (χ1n) is 7.57. The molecule has 3 rings (SSSR count). The van der Waals surface area contributed by atoms with Crippen molar-refractivity contribution in [2.75, 3.05) is 0 Å². The summed E-state index contributed by atoms with van der Waals surface area (Å²) in [6, 6.07) is 5.92. The van der Waals surface area contributed by atoms with Gasteiger partial charge in [0.05, 0.1) is 12.3 Å². The average molecular weight is 319 g/mol. The van der Waals surface area contributed by atoms with E-state index in [9.17, 15) is 19.4 Å². The highest BCUT2D eigenvalue weighted by Gasteiger charge is 2.24. The van der Waals surface area contributed by atoms with Crippen LogP contribution in [0.4, 0.5) is 4.39 Å². The molecule has 23 heavy (non-hydrogen) atoms. The molecular weight excluding hydrogens is 301 g/mol. The van der Waals surface area contributed by atoms with E-state index < -0.39 is 11.7 Å². The van der Waals surface area contributed by atoms with Gasteiger partial charge in [0.25, 0.3) is 5.91 Å². The third kappa shape index (κ3) is 3.34. The highest BCUT2D eigenvalue weighted by Crippen LogP contribution is 2.22. The fourth-order valence-electron chi connectivity index (χ4n) is 2.76.